The molecule has 1 unspecified atom stereocenters. The summed E-state index contributed by atoms with van der Waals surface area (Å²) in [7, 11) is 0. The minimum absolute atomic E-state index is 0.0811. The maximum Gasteiger partial charge on any atom is 0.137 e. The Hall–Kier alpha value is -0.450. The van der Waals surface area contributed by atoms with E-state index in [0.29, 0.717) is 10.9 Å². The van der Waals surface area contributed by atoms with Crippen molar-refractivity contribution in [2.45, 2.75) is 56.6 Å². The lowest BCUT2D eigenvalue weighted by molar-refractivity contribution is -0.0173. The highest BCUT2D eigenvalue weighted by atomic mass is 79.9. The van der Waals surface area contributed by atoms with Crippen LogP contribution in [0.5, 0.6) is 0 Å². The smallest absolute Gasteiger partial charge is 0.137 e. The minimum atomic E-state index is -0.420. The fourth-order valence-electron chi connectivity index (χ4n) is 4.11. The second-order valence-corrected chi connectivity index (χ2v) is 7.23. The summed E-state index contributed by atoms with van der Waals surface area (Å²) in [5.41, 5.74) is 0.787. The van der Waals surface area contributed by atoms with E-state index < -0.39 is 6.10 Å². The Bertz CT molecular complexity index is 496. The molecule has 0 bridgehead atoms. The molecule has 1 aromatic carbocycles. The van der Waals surface area contributed by atoms with Gasteiger partial charge in [0.05, 0.1) is 10.6 Å². The summed E-state index contributed by atoms with van der Waals surface area (Å²) in [6.07, 6.45) is 7.10. The lowest BCUT2D eigenvalue weighted by Crippen LogP contribution is -2.54. The maximum atomic E-state index is 13.7. The molecule has 1 atom stereocenters. The summed E-state index contributed by atoms with van der Waals surface area (Å²) >= 11 is 3.32. The molecule has 1 saturated carbocycles. The Morgan fingerprint density at radius 1 is 1.19 bits per heavy atom. The van der Waals surface area contributed by atoms with Crippen LogP contribution in [0.15, 0.2) is 22.7 Å². The van der Waals surface area contributed by atoms with Gasteiger partial charge in [-0.15, -0.1) is 0 Å². The molecule has 1 aromatic rings. The first-order chi connectivity index (χ1) is 10.1. The summed E-state index contributed by atoms with van der Waals surface area (Å²) in [4.78, 5) is 2.50. The Kier molecular flexibility index (Phi) is 4.67. The zero-order valence-corrected chi connectivity index (χ0v) is 13.9. The first-order valence-corrected chi connectivity index (χ1v) is 8.79. The summed E-state index contributed by atoms with van der Waals surface area (Å²) in [5, 5.41) is 10.9. The zero-order valence-electron chi connectivity index (χ0n) is 12.3. The first-order valence-electron chi connectivity index (χ1n) is 7.99. The predicted molar refractivity (Wildman–Crippen MR) is 85.8 cm³/mol. The van der Waals surface area contributed by atoms with Crippen LogP contribution in [-0.2, 0) is 6.42 Å². The van der Waals surface area contributed by atoms with E-state index in [1.54, 1.807) is 6.07 Å². The number of aliphatic hydroxyl groups excluding tert-OH is 1. The van der Waals surface area contributed by atoms with Crippen molar-refractivity contribution >= 4 is 15.9 Å². The van der Waals surface area contributed by atoms with E-state index in [2.05, 4.69) is 20.8 Å². The van der Waals surface area contributed by atoms with Crippen LogP contribution >= 0.6 is 15.9 Å². The Morgan fingerprint density at radius 2 is 1.86 bits per heavy atom. The quantitative estimate of drug-likeness (QED) is 0.885. The summed E-state index contributed by atoms with van der Waals surface area (Å²) < 4.78 is 14.2. The average molecular weight is 356 g/mol. The largest absolute Gasteiger partial charge is 0.391 e. The van der Waals surface area contributed by atoms with Gasteiger partial charge in [-0.25, -0.2) is 4.39 Å². The van der Waals surface area contributed by atoms with Crippen LogP contribution in [0.3, 0.4) is 0 Å². The van der Waals surface area contributed by atoms with Gasteiger partial charge in [-0.2, -0.15) is 0 Å². The molecule has 2 fully saturated rings. The van der Waals surface area contributed by atoms with Crippen LogP contribution < -0.4 is 0 Å². The van der Waals surface area contributed by atoms with E-state index in [0.717, 1.165) is 31.5 Å². The van der Waals surface area contributed by atoms with Crippen LogP contribution in [-0.4, -0.2) is 34.7 Å². The Labute approximate surface area is 134 Å². The lowest BCUT2D eigenvalue weighted by atomic mass is 9.85. The van der Waals surface area contributed by atoms with E-state index in [1.165, 1.54) is 31.7 Å². The molecule has 3 rings (SSSR count). The summed E-state index contributed by atoms with van der Waals surface area (Å²) in [6.45, 7) is 2.20. The molecular weight excluding hydrogens is 333 g/mol. The number of benzene rings is 1. The normalized spacial score (nSPS) is 23.6. The van der Waals surface area contributed by atoms with Gasteiger partial charge in [-0.3, -0.25) is 4.90 Å². The molecule has 2 aliphatic rings. The predicted octanol–water partition coefficient (Wildman–Crippen LogP) is 3.90. The summed E-state index contributed by atoms with van der Waals surface area (Å²) in [6, 6.07) is 5.08. The van der Waals surface area contributed by atoms with Crippen molar-refractivity contribution in [2.75, 3.05) is 13.1 Å². The number of likely N-dealkylation sites (tertiary alicyclic amines) is 1. The standard InChI is InChI=1S/C17H23BrFNO/c18-16-13(6-5-7-14(16)19)12-15(21)17(8-1-2-9-17)20-10-3-4-11-20/h5-7,15,21H,1-4,8-12H2. The van der Waals surface area contributed by atoms with Gasteiger partial charge < -0.3 is 5.11 Å². The highest BCUT2D eigenvalue weighted by molar-refractivity contribution is 9.10. The highest BCUT2D eigenvalue weighted by Crippen LogP contribution is 2.41. The van der Waals surface area contributed by atoms with Gasteiger partial charge in [0.2, 0.25) is 0 Å². The molecule has 4 heteroatoms. The third kappa shape index (κ3) is 2.90. The second kappa shape index (κ2) is 6.35. The average Bonchev–Trinajstić information content (AvgIpc) is 3.14. The molecule has 1 aliphatic heterocycles. The van der Waals surface area contributed by atoms with Crippen molar-refractivity contribution in [1.29, 1.82) is 0 Å². The third-order valence-corrected chi connectivity index (χ3v) is 6.16. The van der Waals surface area contributed by atoms with Crippen LogP contribution in [0.1, 0.15) is 44.1 Å². The maximum absolute atomic E-state index is 13.7. The molecule has 0 amide bonds. The highest BCUT2D eigenvalue weighted by Gasteiger charge is 2.46. The second-order valence-electron chi connectivity index (χ2n) is 6.44. The topological polar surface area (TPSA) is 23.5 Å². The molecule has 0 radical (unpaired) electrons. The molecule has 0 aromatic heterocycles. The fraction of sp³-hybridized carbons (Fsp3) is 0.647. The Balaban J connectivity index is 1.81. The number of halogens is 2. The number of hydrogen-bond acceptors (Lipinski definition) is 2. The monoisotopic (exact) mass is 355 g/mol. The number of hydrogen-bond donors (Lipinski definition) is 1. The minimum Gasteiger partial charge on any atom is -0.391 e. The fourth-order valence-corrected chi connectivity index (χ4v) is 4.54. The van der Waals surface area contributed by atoms with Gasteiger partial charge in [0.25, 0.3) is 0 Å². The molecule has 2 nitrogen and oxygen atoms in total. The van der Waals surface area contributed by atoms with Crippen LogP contribution in [0.25, 0.3) is 0 Å². The SMILES string of the molecule is OC(Cc1cccc(F)c1Br)C1(N2CCCC2)CCCC1. The van der Waals surface area contributed by atoms with Crippen LogP contribution in [0.2, 0.25) is 0 Å². The summed E-state index contributed by atoms with van der Waals surface area (Å²) in [5.74, 6) is -0.249. The molecule has 1 heterocycles. The molecule has 0 spiro atoms. The van der Waals surface area contributed by atoms with Gasteiger partial charge in [0, 0.05) is 12.0 Å². The number of nitrogens with zero attached hydrogens (tertiary/aromatic N) is 1. The van der Waals surface area contributed by atoms with Gasteiger partial charge in [0.15, 0.2) is 0 Å². The van der Waals surface area contributed by atoms with Gasteiger partial charge in [-0.05, 0) is 66.3 Å². The van der Waals surface area contributed by atoms with Crippen molar-refractivity contribution in [3.8, 4) is 0 Å². The molecule has 1 aliphatic carbocycles. The van der Waals surface area contributed by atoms with Gasteiger partial charge >= 0.3 is 0 Å². The van der Waals surface area contributed by atoms with E-state index in [4.69, 9.17) is 0 Å². The van der Waals surface area contributed by atoms with Crippen LogP contribution in [0.4, 0.5) is 4.39 Å². The number of rotatable bonds is 4. The molecular formula is C17H23BrFNO. The van der Waals surface area contributed by atoms with Gasteiger partial charge in [0.1, 0.15) is 5.82 Å². The lowest BCUT2D eigenvalue weighted by Gasteiger charge is -2.43. The van der Waals surface area contributed by atoms with E-state index in [-0.39, 0.29) is 11.4 Å². The van der Waals surface area contributed by atoms with E-state index in [1.807, 2.05) is 6.07 Å². The van der Waals surface area contributed by atoms with E-state index in [9.17, 15) is 9.50 Å². The zero-order chi connectivity index (χ0) is 14.9. The number of aliphatic hydroxyl groups is 1. The Morgan fingerprint density at radius 3 is 2.52 bits per heavy atom. The van der Waals surface area contributed by atoms with Gasteiger partial charge in [-0.1, -0.05) is 25.0 Å². The van der Waals surface area contributed by atoms with Crippen molar-refractivity contribution in [1.82, 2.24) is 4.90 Å². The van der Waals surface area contributed by atoms with Crippen molar-refractivity contribution in [2.24, 2.45) is 0 Å². The third-order valence-electron chi connectivity index (χ3n) is 5.27. The van der Waals surface area contributed by atoms with Crippen molar-refractivity contribution in [3.63, 3.8) is 0 Å². The molecule has 1 saturated heterocycles. The van der Waals surface area contributed by atoms with Crippen molar-refractivity contribution in [3.05, 3.63) is 34.1 Å². The van der Waals surface area contributed by atoms with E-state index >= 15 is 0 Å². The molecule has 116 valence electrons. The molecule has 1 N–H and O–H groups in total. The van der Waals surface area contributed by atoms with Crippen molar-refractivity contribution < 1.29 is 9.50 Å². The van der Waals surface area contributed by atoms with Crippen LogP contribution in [0, 0.1) is 5.82 Å². The molecule has 21 heavy (non-hydrogen) atoms. The first kappa shape index (κ1) is 15.4.